The lowest BCUT2D eigenvalue weighted by atomic mass is 9.81. The summed E-state index contributed by atoms with van der Waals surface area (Å²) in [4.78, 5) is 11.6. The zero-order valence-electron chi connectivity index (χ0n) is 18.3. The van der Waals surface area contributed by atoms with E-state index in [-0.39, 0.29) is 47.0 Å². The molecule has 0 radical (unpaired) electrons. The largest absolute Gasteiger partial charge is 0.506 e. The Kier molecular flexibility index (Phi) is 9.82. The molecule has 3 N–H and O–H groups in total. The van der Waals surface area contributed by atoms with E-state index in [1.54, 1.807) is 36.4 Å². The van der Waals surface area contributed by atoms with Crippen LogP contribution in [0.25, 0.3) is 6.08 Å². The van der Waals surface area contributed by atoms with E-state index in [1.807, 2.05) is 19.9 Å². The number of rotatable bonds is 10. The summed E-state index contributed by atoms with van der Waals surface area (Å²) in [5.74, 6) is -0.0517. The highest BCUT2D eigenvalue weighted by Gasteiger charge is 2.32. The van der Waals surface area contributed by atoms with Gasteiger partial charge in [0.1, 0.15) is 11.9 Å². The van der Waals surface area contributed by atoms with E-state index >= 15 is 0 Å². The second-order valence-corrected chi connectivity index (χ2v) is 8.70. The normalized spacial score (nSPS) is 23.1. The number of aliphatic hydroxyl groups is 2. The molecule has 2 rings (SSSR count). The van der Waals surface area contributed by atoms with Gasteiger partial charge in [0.25, 0.3) is 0 Å². The van der Waals surface area contributed by atoms with Gasteiger partial charge in [-0.15, -0.1) is 0 Å². The second-order valence-electron chi connectivity index (χ2n) is 8.32. The van der Waals surface area contributed by atoms with Crippen LogP contribution in [-0.2, 0) is 9.53 Å². The zero-order valence-corrected chi connectivity index (χ0v) is 19.1. The van der Waals surface area contributed by atoms with Crippen molar-refractivity contribution < 1.29 is 24.9 Å². The van der Waals surface area contributed by atoms with Crippen molar-refractivity contribution in [2.45, 2.75) is 58.3 Å². The number of carbonyl (C=O) groups excluding carboxylic acids is 1. The molecule has 0 aromatic heterocycles. The summed E-state index contributed by atoms with van der Waals surface area (Å²) in [5.41, 5.74) is 0.673. The van der Waals surface area contributed by atoms with E-state index in [9.17, 15) is 20.1 Å². The van der Waals surface area contributed by atoms with Gasteiger partial charge in [0, 0.05) is 18.4 Å². The zero-order chi connectivity index (χ0) is 23.0. The lowest BCUT2D eigenvalue weighted by Crippen LogP contribution is -2.36. The van der Waals surface area contributed by atoms with Crippen LogP contribution in [0.4, 0.5) is 0 Å². The second kappa shape index (κ2) is 12.1. The number of halogens is 1. The fourth-order valence-electron chi connectivity index (χ4n) is 3.93. The van der Waals surface area contributed by atoms with Crippen molar-refractivity contribution >= 4 is 23.6 Å². The smallest absolute Gasteiger partial charge is 0.330 e. The molecule has 1 aliphatic heterocycles. The maximum absolute atomic E-state index is 11.6. The Hall–Kier alpha value is -2.08. The molecule has 0 fully saturated rings. The average Bonchev–Trinajstić information content (AvgIpc) is 2.73. The lowest BCUT2D eigenvalue weighted by Gasteiger charge is -2.33. The molecule has 0 spiro atoms. The summed E-state index contributed by atoms with van der Waals surface area (Å²) < 4.78 is 5.53. The SMILES string of the molecule is CCC1C=CC(=O)OC1[C@H](C)CC(C)[C@@H](O)CC(O)/C=C/C=C/c1cccc(O)c1Cl. The van der Waals surface area contributed by atoms with Crippen molar-refractivity contribution in [3.63, 3.8) is 0 Å². The number of phenols is 1. The van der Waals surface area contributed by atoms with Crippen LogP contribution < -0.4 is 0 Å². The van der Waals surface area contributed by atoms with Gasteiger partial charge in [0.15, 0.2) is 0 Å². The van der Waals surface area contributed by atoms with Gasteiger partial charge >= 0.3 is 5.97 Å². The number of esters is 1. The summed E-state index contributed by atoms with van der Waals surface area (Å²) >= 11 is 6.02. The van der Waals surface area contributed by atoms with Gasteiger partial charge < -0.3 is 20.1 Å². The predicted molar refractivity (Wildman–Crippen MR) is 124 cm³/mol. The third kappa shape index (κ3) is 7.53. The number of cyclic esters (lactones) is 1. The summed E-state index contributed by atoms with van der Waals surface area (Å²) in [6.07, 6.45) is 10.3. The summed E-state index contributed by atoms with van der Waals surface area (Å²) in [5, 5.41) is 30.6. The number of aromatic hydroxyl groups is 1. The standard InChI is InChI=1S/C25H33ClO5/c1-4-18-12-13-23(30)31-25(18)17(3)14-16(2)22(29)15-20(27)10-6-5-8-19-9-7-11-21(28)24(19)26/h5-13,16-18,20,22,25,27-29H,4,14-15H2,1-3H3/b8-5+,10-6+/t16?,17-,18?,20?,22+,25?/m1/s1. The minimum Gasteiger partial charge on any atom is -0.506 e. The van der Waals surface area contributed by atoms with Crippen LogP contribution in [0.1, 0.15) is 45.6 Å². The Labute approximate surface area is 189 Å². The van der Waals surface area contributed by atoms with E-state index in [0.29, 0.717) is 12.0 Å². The first-order valence-electron chi connectivity index (χ1n) is 10.8. The molecule has 0 saturated heterocycles. The van der Waals surface area contributed by atoms with Crippen LogP contribution in [0.15, 0.2) is 48.6 Å². The number of aliphatic hydroxyl groups excluding tert-OH is 2. The molecule has 0 saturated carbocycles. The van der Waals surface area contributed by atoms with Crippen molar-refractivity contribution in [2.24, 2.45) is 17.8 Å². The van der Waals surface area contributed by atoms with Gasteiger partial charge in [0.2, 0.25) is 0 Å². The quantitative estimate of drug-likeness (QED) is 0.350. The topological polar surface area (TPSA) is 87.0 Å². The number of benzene rings is 1. The van der Waals surface area contributed by atoms with E-state index < -0.39 is 12.2 Å². The minimum atomic E-state index is -0.795. The molecule has 4 unspecified atom stereocenters. The number of allylic oxidation sites excluding steroid dienone is 2. The molecule has 0 bridgehead atoms. The maximum atomic E-state index is 11.6. The first-order chi connectivity index (χ1) is 14.7. The van der Waals surface area contributed by atoms with E-state index in [2.05, 4.69) is 6.92 Å². The number of carbonyl (C=O) groups is 1. The van der Waals surface area contributed by atoms with Gasteiger partial charge in [-0.3, -0.25) is 0 Å². The molecule has 170 valence electrons. The number of hydrogen-bond donors (Lipinski definition) is 3. The Morgan fingerprint density at radius 3 is 2.65 bits per heavy atom. The van der Waals surface area contributed by atoms with Crippen molar-refractivity contribution in [2.75, 3.05) is 0 Å². The molecular formula is C25H33ClO5. The van der Waals surface area contributed by atoms with Crippen molar-refractivity contribution in [3.8, 4) is 5.75 Å². The van der Waals surface area contributed by atoms with E-state index in [4.69, 9.17) is 16.3 Å². The molecule has 1 aliphatic rings. The van der Waals surface area contributed by atoms with Crippen molar-refractivity contribution in [1.82, 2.24) is 0 Å². The van der Waals surface area contributed by atoms with Crippen LogP contribution in [0.3, 0.4) is 0 Å². The van der Waals surface area contributed by atoms with Crippen LogP contribution in [0.5, 0.6) is 5.75 Å². The van der Waals surface area contributed by atoms with Crippen LogP contribution in [-0.4, -0.2) is 39.6 Å². The summed E-state index contributed by atoms with van der Waals surface area (Å²) in [7, 11) is 0. The fraction of sp³-hybridized carbons (Fsp3) is 0.480. The van der Waals surface area contributed by atoms with Crippen LogP contribution in [0, 0.1) is 17.8 Å². The van der Waals surface area contributed by atoms with Gasteiger partial charge in [-0.25, -0.2) is 4.79 Å². The maximum Gasteiger partial charge on any atom is 0.330 e. The fourth-order valence-corrected chi connectivity index (χ4v) is 4.12. The third-order valence-electron chi connectivity index (χ3n) is 5.80. The van der Waals surface area contributed by atoms with Gasteiger partial charge in [-0.1, -0.05) is 74.9 Å². The van der Waals surface area contributed by atoms with E-state index in [1.165, 1.54) is 12.1 Å². The average molecular weight is 449 g/mol. The molecule has 6 heteroatoms. The number of hydrogen-bond acceptors (Lipinski definition) is 5. The molecule has 0 amide bonds. The Balaban J connectivity index is 1.84. The molecule has 1 aromatic rings. The van der Waals surface area contributed by atoms with Crippen LogP contribution in [0.2, 0.25) is 5.02 Å². The van der Waals surface area contributed by atoms with Gasteiger partial charge in [-0.2, -0.15) is 0 Å². The highest BCUT2D eigenvalue weighted by atomic mass is 35.5. The number of phenolic OH excluding ortho intramolecular Hbond substituents is 1. The first-order valence-corrected chi connectivity index (χ1v) is 11.2. The lowest BCUT2D eigenvalue weighted by molar-refractivity contribution is -0.150. The van der Waals surface area contributed by atoms with Gasteiger partial charge in [-0.05, 0) is 36.3 Å². The molecule has 1 heterocycles. The van der Waals surface area contributed by atoms with E-state index in [0.717, 1.165) is 6.42 Å². The molecule has 0 aliphatic carbocycles. The Morgan fingerprint density at radius 2 is 1.94 bits per heavy atom. The van der Waals surface area contributed by atoms with Crippen molar-refractivity contribution in [3.05, 3.63) is 59.2 Å². The molecule has 1 aromatic carbocycles. The monoisotopic (exact) mass is 448 g/mol. The third-order valence-corrected chi connectivity index (χ3v) is 6.21. The van der Waals surface area contributed by atoms with Crippen LogP contribution >= 0.6 is 11.6 Å². The highest BCUT2D eigenvalue weighted by Crippen LogP contribution is 2.31. The summed E-state index contributed by atoms with van der Waals surface area (Å²) in [6.45, 7) is 6.05. The summed E-state index contributed by atoms with van der Waals surface area (Å²) in [6, 6.07) is 4.99. The molecular weight excluding hydrogens is 416 g/mol. The predicted octanol–water partition coefficient (Wildman–Crippen LogP) is 4.90. The van der Waals surface area contributed by atoms with Crippen molar-refractivity contribution in [1.29, 1.82) is 0 Å². The van der Waals surface area contributed by atoms with Gasteiger partial charge in [0.05, 0.1) is 17.2 Å². The minimum absolute atomic E-state index is 0.0171. The Bertz CT molecular complexity index is 816. The molecule has 31 heavy (non-hydrogen) atoms. The Morgan fingerprint density at radius 1 is 1.19 bits per heavy atom. The number of ether oxygens (including phenoxy) is 1. The molecule has 6 atom stereocenters. The molecule has 5 nitrogen and oxygen atoms in total. The first kappa shape index (κ1) is 25.2. The highest BCUT2D eigenvalue weighted by molar-refractivity contribution is 6.33.